The molecule has 2 N–H and O–H groups in total. The van der Waals surface area contributed by atoms with Gasteiger partial charge in [-0.05, 0) is 56.9 Å². The van der Waals surface area contributed by atoms with Crippen molar-refractivity contribution in [3.63, 3.8) is 0 Å². The molecule has 9 heteroatoms. The summed E-state index contributed by atoms with van der Waals surface area (Å²) < 4.78 is 56.1. The van der Waals surface area contributed by atoms with Gasteiger partial charge in [-0.1, -0.05) is 30.3 Å². The van der Waals surface area contributed by atoms with Crippen molar-refractivity contribution >= 4 is 15.9 Å². The number of carbonyl (C=O) groups is 1. The van der Waals surface area contributed by atoms with Crippen molar-refractivity contribution in [1.29, 1.82) is 0 Å². The molecule has 1 aliphatic rings. The lowest BCUT2D eigenvalue weighted by Gasteiger charge is -2.32. The minimum absolute atomic E-state index is 0.0354. The average Bonchev–Trinajstić information content (AvgIpc) is 3.09. The van der Waals surface area contributed by atoms with Gasteiger partial charge >= 0.3 is 0 Å². The molecule has 0 radical (unpaired) electrons. The molecule has 2 unspecified atom stereocenters. The molecule has 2 aromatic rings. The molecular formula is C23H28F2N2O4S. The van der Waals surface area contributed by atoms with Gasteiger partial charge in [0, 0.05) is 18.2 Å². The van der Waals surface area contributed by atoms with Crippen LogP contribution in [0.2, 0.25) is 0 Å². The maximum Gasteiger partial charge on any atom is 0.254 e. The first kappa shape index (κ1) is 24.3. The second kappa shape index (κ2) is 9.25. The van der Waals surface area contributed by atoms with E-state index in [9.17, 15) is 22.7 Å². The van der Waals surface area contributed by atoms with E-state index in [1.54, 1.807) is 24.3 Å². The van der Waals surface area contributed by atoms with Crippen LogP contribution in [-0.2, 0) is 21.2 Å². The molecule has 2 atom stereocenters. The van der Waals surface area contributed by atoms with Crippen molar-refractivity contribution in [3.8, 4) is 11.1 Å². The smallest absolute Gasteiger partial charge is 0.254 e. The summed E-state index contributed by atoms with van der Waals surface area (Å²) in [6.45, 7) is 4.46. The third-order valence-electron chi connectivity index (χ3n) is 5.68. The van der Waals surface area contributed by atoms with Crippen LogP contribution in [0.3, 0.4) is 0 Å². The van der Waals surface area contributed by atoms with Crippen molar-refractivity contribution in [2.75, 3.05) is 12.3 Å². The largest absolute Gasteiger partial charge is 0.381 e. The van der Waals surface area contributed by atoms with Crippen LogP contribution in [0.25, 0.3) is 11.1 Å². The van der Waals surface area contributed by atoms with Crippen LogP contribution >= 0.6 is 0 Å². The summed E-state index contributed by atoms with van der Waals surface area (Å²) in [5.41, 5.74) is -0.791. The van der Waals surface area contributed by atoms with E-state index in [1.807, 2.05) is 0 Å². The number of carbonyl (C=O) groups excluding carboxylic acids is 1. The number of nitrogens with one attached hydrogen (secondary N) is 1. The van der Waals surface area contributed by atoms with E-state index < -0.39 is 45.2 Å². The van der Waals surface area contributed by atoms with E-state index in [-0.39, 0.29) is 29.8 Å². The van der Waals surface area contributed by atoms with E-state index in [1.165, 1.54) is 43.9 Å². The first-order valence-electron chi connectivity index (χ1n) is 10.5. The van der Waals surface area contributed by atoms with Crippen molar-refractivity contribution in [1.82, 2.24) is 9.62 Å². The summed E-state index contributed by atoms with van der Waals surface area (Å²) in [4.78, 5) is 14.2. The number of aliphatic hydroxyl groups is 1. The molecule has 3 rings (SSSR count). The van der Waals surface area contributed by atoms with E-state index >= 15 is 4.39 Å². The van der Waals surface area contributed by atoms with Crippen LogP contribution in [-0.4, -0.2) is 54.3 Å². The molecule has 1 amide bonds. The summed E-state index contributed by atoms with van der Waals surface area (Å²) >= 11 is 0. The number of rotatable bonds is 7. The van der Waals surface area contributed by atoms with Gasteiger partial charge in [0.15, 0.2) is 0 Å². The highest BCUT2D eigenvalue weighted by molar-refractivity contribution is 7.89. The molecule has 0 spiro atoms. The Balaban J connectivity index is 1.98. The number of hydrogen-bond acceptors (Lipinski definition) is 4. The maximum absolute atomic E-state index is 15.4. The second-order valence-corrected chi connectivity index (χ2v) is 10.6. The minimum atomic E-state index is -3.56. The quantitative estimate of drug-likeness (QED) is 0.657. The summed E-state index contributed by atoms with van der Waals surface area (Å²) in [5, 5.41) is 10.2. The Labute approximate surface area is 187 Å². The second-order valence-electron chi connectivity index (χ2n) is 8.53. The number of benzene rings is 2. The Morgan fingerprint density at radius 3 is 2.53 bits per heavy atom. The lowest BCUT2D eigenvalue weighted by molar-refractivity contribution is -0.148. The molecular weight excluding hydrogens is 438 g/mol. The average molecular weight is 467 g/mol. The van der Waals surface area contributed by atoms with E-state index in [0.29, 0.717) is 12.0 Å². The van der Waals surface area contributed by atoms with Crippen molar-refractivity contribution in [2.45, 2.75) is 51.3 Å². The molecule has 32 heavy (non-hydrogen) atoms. The van der Waals surface area contributed by atoms with Crippen LogP contribution in [0, 0.1) is 11.6 Å². The molecule has 2 aromatic carbocycles. The molecule has 0 aliphatic carbocycles. The molecule has 0 aromatic heterocycles. The summed E-state index contributed by atoms with van der Waals surface area (Å²) in [5.74, 6) is -1.72. The SMILES string of the molecule is CCS(=O)(=O)NC1CCN(C(=O)C(C)(C)O)C1Cc1cccc(-c2cccc(F)c2)c1F. The highest BCUT2D eigenvalue weighted by Gasteiger charge is 2.43. The first-order chi connectivity index (χ1) is 14.9. The van der Waals surface area contributed by atoms with Gasteiger partial charge in [0.1, 0.15) is 17.2 Å². The highest BCUT2D eigenvalue weighted by Crippen LogP contribution is 2.30. The Morgan fingerprint density at radius 2 is 1.91 bits per heavy atom. The predicted octanol–water partition coefficient (Wildman–Crippen LogP) is 2.85. The van der Waals surface area contributed by atoms with Gasteiger partial charge in [0.25, 0.3) is 5.91 Å². The van der Waals surface area contributed by atoms with Crippen molar-refractivity contribution in [3.05, 3.63) is 59.7 Å². The highest BCUT2D eigenvalue weighted by atomic mass is 32.2. The lowest BCUT2D eigenvalue weighted by Crippen LogP contribution is -2.52. The van der Waals surface area contributed by atoms with Gasteiger partial charge in [0.05, 0.1) is 11.8 Å². The molecule has 0 bridgehead atoms. The Kier molecular flexibility index (Phi) is 7.02. The van der Waals surface area contributed by atoms with Gasteiger partial charge in [0.2, 0.25) is 10.0 Å². The monoisotopic (exact) mass is 466 g/mol. The number of amides is 1. The van der Waals surface area contributed by atoms with Crippen LogP contribution in [0.1, 0.15) is 32.8 Å². The maximum atomic E-state index is 15.4. The number of hydrogen-bond donors (Lipinski definition) is 2. The summed E-state index contributed by atoms with van der Waals surface area (Å²) in [6.07, 6.45) is 0.380. The van der Waals surface area contributed by atoms with Crippen LogP contribution in [0.4, 0.5) is 8.78 Å². The number of nitrogens with zero attached hydrogens (tertiary/aromatic N) is 1. The zero-order valence-corrected chi connectivity index (χ0v) is 19.1. The lowest BCUT2D eigenvalue weighted by atomic mass is 9.95. The third-order valence-corrected chi connectivity index (χ3v) is 7.11. The van der Waals surface area contributed by atoms with Gasteiger partial charge in [-0.15, -0.1) is 0 Å². The van der Waals surface area contributed by atoms with Gasteiger partial charge in [-0.2, -0.15) is 0 Å². The van der Waals surface area contributed by atoms with Gasteiger partial charge < -0.3 is 10.0 Å². The molecule has 0 saturated carbocycles. The zero-order chi connectivity index (χ0) is 23.7. The summed E-state index contributed by atoms with van der Waals surface area (Å²) in [7, 11) is -3.56. The van der Waals surface area contributed by atoms with Crippen molar-refractivity contribution in [2.24, 2.45) is 0 Å². The molecule has 1 heterocycles. The Bertz CT molecular complexity index is 1100. The fourth-order valence-corrected chi connectivity index (χ4v) is 4.91. The number of sulfonamides is 1. The van der Waals surface area contributed by atoms with Gasteiger partial charge in [-0.25, -0.2) is 21.9 Å². The molecule has 6 nitrogen and oxygen atoms in total. The first-order valence-corrected chi connectivity index (χ1v) is 12.1. The number of halogens is 2. The predicted molar refractivity (Wildman–Crippen MR) is 118 cm³/mol. The standard InChI is InChI=1S/C23H28F2N2O4S/c1-4-32(30,31)26-19-11-12-27(22(28)23(2,3)29)20(19)14-16-8-6-10-18(21(16)25)15-7-5-9-17(24)13-15/h5-10,13,19-20,26,29H,4,11-12,14H2,1-3H3. The molecule has 1 aliphatic heterocycles. The van der Waals surface area contributed by atoms with E-state index in [4.69, 9.17) is 0 Å². The fraction of sp³-hybridized carbons (Fsp3) is 0.435. The fourth-order valence-electron chi connectivity index (χ4n) is 4.00. The van der Waals surface area contributed by atoms with Crippen LogP contribution in [0.5, 0.6) is 0 Å². The van der Waals surface area contributed by atoms with E-state index in [2.05, 4.69) is 4.72 Å². The molecule has 174 valence electrons. The van der Waals surface area contributed by atoms with E-state index in [0.717, 1.165) is 0 Å². The molecule has 1 saturated heterocycles. The number of likely N-dealkylation sites (tertiary alicyclic amines) is 1. The van der Waals surface area contributed by atoms with Crippen molar-refractivity contribution < 1.29 is 27.1 Å². The van der Waals surface area contributed by atoms with Gasteiger partial charge in [-0.3, -0.25) is 4.79 Å². The zero-order valence-electron chi connectivity index (χ0n) is 18.3. The van der Waals surface area contributed by atoms with Crippen LogP contribution in [0.15, 0.2) is 42.5 Å². The molecule has 1 fully saturated rings. The van der Waals surface area contributed by atoms with Crippen LogP contribution < -0.4 is 4.72 Å². The topological polar surface area (TPSA) is 86.7 Å². The Hall–Kier alpha value is -2.36. The Morgan fingerprint density at radius 1 is 1.22 bits per heavy atom. The normalized spacial score (nSPS) is 19.4. The minimum Gasteiger partial charge on any atom is -0.381 e. The third kappa shape index (κ3) is 5.33. The summed E-state index contributed by atoms with van der Waals surface area (Å²) in [6, 6.07) is 9.04.